The van der Waals surface area contributed by atoms with Gasteiger partial charge in [-0.3, -0.25) is 0 Å². The number of rotatable bonds is 6. The predicted octanol–water partition coefficient (Wildman–Crippen LogP) is 4.63. The zero-order valence-electron chi connectivity index (χ0n) is 17.1. The number of hydrogen-bond donors (Lipinski definition) is 0. The van der Waals surface area contributed by atoms with E-state index in [2.05, 4.69) is 64.3 Å². The van der Waals surface area contributed by atoms with E-state index in [0.29, 0.717) is 32.7 Å². The number of hydrogen-bond acceptors (Lipinski definition) is 4. The van der Waals surface area contributed by atoms with Crippen LogP contribution in [0.25, 0.3) is 0 Å². The van der Waals surface area contributed by atoms with Gasteiger partial charge in [-0.25, -0.2) is 12.7 Å². The van der Waals surface area contributed by atoms with Gasteiger partial charge in [0.05, 0.1) is 11.8 Å². The smallest absolute Gasteiger partial charge is 0.214 e. The van der Waals surface area contributed by atoms with Gasteiger partial charge in [-0.15, -0.1) is 0 Å². The second kappa shape index (κ2) is 8.83. The van der Waals surface area contributed by atoms with Crippen LogP contribution in [-0.2, 0) is 20.4 Å². The highest BCUT2D eigenvalue weighted by Crippen LogP contribution is 2.37. The third-order valence-corrected chi connectivity index (χ3v) is 8.54. The number of halogens is 1. The van der Waals surface area contributed by atoms with Crippen LogP contribution in [0.4, 0.5) is 0 Å². The molecule has 0 saturated carbocycles. The van der Waals surface area contributed by atoms with Crippen molar-refractivity contribution in [3.8, 4) is 0 Å². The minimum Gasteiger partial charge on any atom is -0.348 e. The maximum Gasteiger partial charge on any atom is 0.214 e. The van der Waals surface area contributed by atoms with E-state index in [4.69, 9.17) is 4.74 Å². The summed E-state index contributed by atoms with van der Waals surface area (Å²) in [4.78, 5) is 2.16. The first-order chi connectivity index (χ1) is 14.4. The van der Waals surface area contributed by atoms with Gasteiger partial charge in [-0.1, -0.05) is 58.4 Å². The summed E-state index contributed by atoms with van der Waals surface area (Å²) >= 11 is 3.49. The van der Waals surface area contributed by atoms with Gasteiger partial charge >= 0.3 is 0 Å². The SMILES string of the molecule is C[C@@H](c1ccc(Br)cc1)N1C=C[C@@](CCN2CCCS2(=O)=O)(c2ccccc2)OC1. The Hall–Kier alpha value is -1.67. The molecule has 0 aromatic heterocycles. The third-order valence-electron chi connectivity index (χ3n) is 6.05. The molecule has 160 valence electrons. The Bertz CT molecular complexity index is 995. The summed E-state index contributed by atoms with van der Waals surface area (Å²) in [6, 6.07) is 18.6. The Kier molecular flexibility index (Phi) is 6.34. The van der Waals surface area contributed by atoms with Crippen LogP contribution >= 0.6 is 15.9 Å². The number of sulfonamides is 1. The highest BCUT2D eigenvalue weighted by Gasteiger charge is 2.37. The van der Waals surface area contributed by atoms with Gasteiger partial charge in [-0.05, 0) is 49.1 Å². The first kappa shape index (κ1) is 21.6. The molecule has 2 aliphatic rings. The molecule has 2 heterocycles. The van der Waals surface area contributed by atoms with E-state index in [9.17, 15) is 8.42 Å². The molecule has 2 aliphatic heterocycles. The molecule has 30 heavy (non-hydrogen) atoms. The Morgan fingerprint density at radius 3 is 2.47 bits per heavy atom. The molecule has 0 bridgehead atoms. The van der Waals surface area contributed by atoms with Crippen LogP contribution in [0.2, 0.25) is 0 Å². The Labute approximate surface area is 187 Å². The minimum atomic E-state index is -3.12. The molecule has 1 fully saturated rings. The van der Waals surface area contributed by atoms with Crippen LogP contribution in [0.3, 0.4) is 0 Å². The van der Waals surface area contributed by atoms with Crippen molar-refractivity contribution in [2.75, 3.05) is 25.6 Å². The van der Waals surface area contributed by atoms with Gasteiger partial charge in [0.15, 0.2) is 0 Å². The highest BCUT2D eigenvalue weighted by molar-refractivity contribution is 9.10. The largest absolute Gasteiger partial charge is 0.348 e. The van der Waals surface area contributed by atoms with Crippen molar-refractivity contribution in [2.24, 2.45) is 0 Å². The van der Waals surface area contributed by atoms with E-state index in [0.717, 1.165) is 10.0 Å². The van der Waals surface area contributed by atoms with Gasteiger partial charge in [0.2, 0.25) is 10.0 Å². The summed E-state index contributed by atoms with van der Waals surface area (Å²) in [5, 5.41) is 0. The third kappa shape index (κ3) is 4.49. The van der Waals surface area contributed by atoms with E-state index < -0.39 is 15.6 Å². The molecule has 2 aromatic carbocycles. The summed E-state index contributed by atoms with van der Waals surface area (Å²) < 4.78 is 33.6. The van der Waals surface area contributed by atoms with Crippen molar-refractivity contribution in [3.63, 3.8) is 0 Å². The number of nitrogens with zero attached hydrogens (tertiary/aromatic N) is 2. The van der Waals surface area contributed by atoms with E-state index >= 15 is 0 Å². The van der Waals surface area contributed by atoms with Crippen molar-refractivity contribution in [2.45, 2.75) is 31.4 Å². The molecule has 0 spiro atoms. The summed E-state index contributed by atoms with van der Waals surface area (Å²) in [6.45, 7) is 3.66. The number of ether oxygens (including phenoxy) is 1. The second-order valence-corrected chi connectivity index (χ2v) is 10.9. The topological polar surface area (TPSA) is 49.9 Å². The average molecular weight is 491 g/mol. The molecule has 2 aromatic rings. The summed E-state index contributed by atoms with van der Waals surface area (Å²) in [7, 11) is -3.12. The van der Waals surface area contributed by atoms with E-state index in [1.807, 2.05) is 30.3 Å². The second-order valence-electron chi connectivity index (χ2n) is 7.91. The van der Waals surface area contributed by atoms with E-state index in [1.165, 1.54) is 5.56 Å². The highest BCUT2D eigenvalue weighted by atomic mass is 79.9. The molecular formula is C23H27BrN2O3S. The summed E-state index contributed by atoms with van der Waals surface area (Å²) in [6.07, 6.45) is 5.48. The fourth-order valence-corrected chi connectivity index (χ4v) is 5.90. The Morgan fingerprint density at radius 1 is 1.13 bits per heavy atom. The molecule has 1 saturated heterocycles. The van der Waals surface area contributed by atoms with Crippen molar-refractivity contribution < 1.29 is 13.2 Å². The molecular weight excluding hydrogens is 464 g/mol. The lowest BCUT2D eigenvalue weighted by Crippen LogP contribution is -2.41. The molecule has 0 radical (unpaired) electrons. The molecule has 0 N–H and O–H groups in total. The van der Waals surface area contributed by atoms with Crippen LogP contribution in [0.1, 0.15) is 36.9 Å². The van der Waals surface area contributed by atoms with Crippen molar-refractivity contribution >= 4 is 26.0 Å². The van der Waals surface area contributed by atoms with Crippen LogP contribution in [0.15, 0.2) is 71.3 Å². The molecule has 4 rings (SSSR count). The summed E-state index contributed by atoms with van der Waals surface area (Å²) in [5.74, 6) is 0.251. The van der Waals surface area contributed by atoms with Crippen molar-refractivity contribution in [1.82, 2.24) is 9.21 Å². The van der Waals surface area contributed by atoms with E-state index in [1.54, 1.807) is 4.31 Å². The molecule has 0 amide bonds. The van der Waals surface area contributed by atoms with Crippen molar-refractivity contribution in [3.05, 3.63) is 82.5 Å². The van der Waals surface area contributed by atoms with Gasteiger partial charge in [0.1, 0.15) is 12.3 Å². The molecule has 0 aliphatic carbocycles. The summed E-state index contributed by atoms with van der Waals surface area (Å²) in [5.41, 5.74) is 1.63. The Balaban J connectivity index is 1.55. The molecule has 5 nitrogen and oxygen atoms in total. The van der Waals surface area contributed by atoms with Crippen LogP contribution in [0, 0.1) is 0 Å². The zero-order chi connectivity index (χ0) is 21.2. The lowest BCUT2D eigenvalue weighted by molar-refractivity contribution is -0.0877. The van der Waals surface area contributed by atoms with E-state index in [-0.39, 0.29) is 11.8 Å². The first-order valence-corrected chi connectivity index (χ1v) is 12.7. The van der Waals surface area contributed by atoms with Crippen LogP contribution in [-0.4, -0.2) is 43.2 Å². The average Bonchev–Trinajstić information content (AvgIpc) is 3.11. The first-order valence-electron chi connectivity index (χ1n) is 10.3. The van der Waals surface area contributed by atoms with Gasteiger partial charge in [0, 0.05) is 23.8 Å². The van der Waals surface area contributed by atoms with Crippen LogP contribution in [0.5, 0.6) is 0 Å². The molecule has 2 atom stereocenters. The normalized spacial score (nSPS) is 24.8. The fraction of sp³-hybridized carbons (Fsp3) is 0.391. The standard InChI is InChI=1S/C23H27BrN2O3S/c1-19(20-8-10-22(24)11-9-20)25-15-12-23(29-18-25,21-6-3-2-4-7-21)13-16-26-14-5-17-30(26,27)28/h2-4,6-12,15,19H,5,13-14,16-18H2,1H3/t19-,23+/m0/s1. The number of benzene rings is 2. The van der Waals surface area contributed by atoms with Gasteiger partial charge < -0.3 is 9.64 Å². The van der Waals surface area contributed by atoms with Gasteiger partial charge in [0.25, 0.3) is 0 Å². The van der Waals surface area contributed by atoms with Gasteiger partial charge in [-0.2, -0.15) is 0 Å². The monoisotopic (exact) mass is 490 g/mol. The lowest BCUT2D eigenvalue weighted by atomic mass is 9.89. The maximum atomic E-state index is 12.3. The fourth-order valence-electron chi connectivity index (χ4n) is 4.10. The van der Waals surface area contributed by atoms with Crippen molar-refractivity contribution in [1.29, 1.82) is 0 Å². The quantitative estimate of drug-likeness (QED) is 0.591. The molecule has 0 unspecified atom stereocenters. The lowest BCUT2D eigenvalue weighted by Gasteiger charge is -2.41. The zero-order valence-corrected chi connectivity index (χ0v) is 19.5. The van der Waals surface area contributed by atoms with Crippen LogP contribution < -0.4 is 0 Å². The predicted molar refractivity (Wildman–Crippen MR) is 122 cm³/mol. The maximum absolute atomic E-state index is 12.3. The Morgan fingerprint density at radius 2 is 1.87 bits per heavy atom. The minimum absolute atomic E-state index is 0.169. The molecule has 7 heteroatoms.